The zero-order valence-electron chi connectivity index (χ0n) is 9.16. The highest BCUT2D eigenvalue weighted by Gasteiger charge is 2.60. The second kappa shape index (κ2) is 4.14. The highest BCUT2D eigenvalue weighted by molar-refractivity contribution is 5.92. The van der Waals surface area contributed by atoms with E-state index in [0.717, 1.165) is 4.90 Å². The van der Waals surface area contributed by atoms with Crippen LogP contribution in [-0.2, 0) is 9.53 Å². The standard InChI is InChI=1S/C10H11F2N3O3/c1-5-14-7(13)2-3-15(5)9-10(11,12)8(17)6(4-16)18-9/h2-4,6,8-9,17H,1H2,(H2,13,14). The number of carbonyl (C=O) groups excluding carboxylic acids is 1. The Kier molecular flexibility index (Phi) is 2.91. The summed E-state index contributed by atoms with van der Waals surface area (Å²) < 4.78 is 32.3. The molecule has 3 unspecified atom stereocenters. The number of nitrogens with zero attached hydrogens (tertiary/aromatic N) is 2. The fourth-order valence-electron chi connectivity index (χ4n) is 1.74. The Morgan fingerprint density at radius 2 is 2.33 bits per heavy atom. The molecule has 1 saturated heterocycles. The lowest BCUT2D eigenvalue weighted by Crippen LogP contribution is -2.47. The number of hydrogen-bond donors (Lipinski definition) is 2. The molecule has 3 atom stereocenters. The Hall–Kier alpha value is -1.80. The van der Waals surface area contributed by atoms with Crippen LogP contribution in [0.5, 0.6) is 0 Å². The number of hydrogen-bond acceptors (Lipinski definition) is 6. The lowest BCUT2D eigenvalue weighted by molar-refractivity contribution is -0.148. The van der Waals surface area contributed by atoms with E-state index in [1.54, 1.807) is 0 Å². The first-order chi connectivity index (χ1) is 8.37. The normalized spacial score (nSPS) is 34.6. The minimum absolute atomic E-state index is 0.0570. The van der Waals surface area contributed by atoms with Crippen LogP contribution in [0.2, 0.25) is 0 Å². The maximum absolute atomic E-state index is 13.8. The molecule has 2 aliphatic heterocycles. The average Bonchev–Trinajstić information content (AvgIpc) is 2.52. The van der Waals surface area contributed by atoms with Crippen LogP contribution in [0.25, 0.3) is 0 Å². The molecule has 98 valence electrons. The summed E-state index contributed by atoms with van der Waals surface area (Å²) >= 11 is 0. The fourth-order valence-corrected chi connectivity index (χ4v) is 1.74. The third-order valence-corrected chi connectivity index (χ3v) is 2.67. The van der Waals surface area contributed by atoms with Crippen molar-refractivity contribution in [2.75, 3.05) is 0 Å². The molecule has 18 heavy (non-hydrogen) atoms. The number of carbonyl (C=O) groups is 1. The average molecular weight is 259 g/mol. The van der Waals surface area contributed by atoms with Crippen molar-refractivity contribution < 1.29 is 23.4 Å². The second-order valence-corrected chi connectivity index (χ2v) is 3.88. The van der Waals surface area contributed by atoms with Gasteiger partial charge < -0.3 is 25.3 Å². The summed E-state index contributed by atoms with van der Waals surface area (Å²) in [6, 6.07) is 0. The summed E-state index contributed by atoms with van der Waals surface area (Å²) in [4.78, 5) is 15.2. The van der Waals surface area contributed by atoms with Gasteiger partial charge in [-0.05, 0) is 6.08 Å². The summed E-state index contributed by atoms with van der Waals surface area (Å²) in [6.07, 6.45) is -3.01. The van der Waals surface area contributed by atoms with Crippen LogP contribution in [0.3, 0.4) is 0 Å². The van der Waals surface area contributed by atoms with Gasteiger partial charge in [0.1, 0.15) is 17.8 Å². The molecule has 2 rings (SSSR count). The molecule has 0 spiro atoms. The van der Waals surface area contributed by atoms with Gasteiger partial charge in [-0.1, -0.05) is 6.58 Å². The van der Waals surface area contributed by atoms with E-state index in [-0.39, 0.29) is 17.9 Å². The molecule has 0 radical (unpaired) electrons. The van der Waals surface area contributed by atoms with Crippen LogP contribution in [0.4, 0.5) is 8.78 Å². The number of aldehydes is 1. The number of aliphatic hydroxyl groups is 1. The van der Waals surface area contributed by atoms with Gasteiger partial charge in [0.2, 0.25) is 6.23 Å². The second-order valence-electron chi connectivity index (χ2n) is 3.88. The van der Waals surface area contributed by atoms with Gasteiger partial charge in [0.25, 0.3) is 0 Å². The molecule has 3 N–H and O–H groups in total. The van der Waals surface area contributed by atoms with Gasteiger partial charge in [-0.25, -0.2) is 4.99 Å². The minimum atomic E-state index is -3.62. The van der Waals surface area contributed by atoms with Crippen LogP contribution >= 0.6 is 0 Å². The number of halogens is 2. The van der Waals surface area contributed by atoms with E-state index >= 15 is 0 Å². The Bertz CT molecular complexity index is 450. The topological polar surface area (TPSA) is 88.1 Å². The number of ether oxygens (including phenoxy) is 1. The molecule has 2 aliphatic rings. The molecule has 0 saturated carbocycles. The largest absolute Gasteiger partial charge is 0.384 e. The molecule has 0 aromatic carbocycles. The summed E-state index contributed by atoms with van der Waals surface area (Å²) in [7, 11) is 0. The Morgan fingerprint density at radius 3 is 2.83 bits per heavy atom. The van der Waals surface area contributed by atoms with Crippen LogP contribution < -0.4 is 5.73 Å². The number of amidine groups is 1. The van der Waals surface area contributed by atoms with Crippen molar-refractivity contribution in [1.82, 2.24) is 4.90 Å². The maximum atomic E-state index is 13.8. The van der Waals surface area contributed by atoms with Crippen molar-refractivity contribution in [2.45, 2.75) is 24.4 Å². The lowest BCUT2D eigenvalue weighted by atomic mass is 10.1. The molecule has 1 fully saturated rings. The van der Waals surface area contributed by atoms with Crippen LogP contribution in [0.15, 0.2) is 29.7 Å². The summed E-state index contributed by atoms with van der Waals surface area (Å²) in [5.74, 6) is -3.57. The Morgan fingerprint density at radius 1 is 1.67 bits per heavy atom. The molecule has 6 nitrogen and oxygen atoms in total. The molecule has 0 aromatic rings. The van der Waals surface area contributed by atoms with Gasteiger partial charge in [0, 0.05) is 6.20 Å². The molecule has 8 heteroatoms. The SMILES string of the molecule is C=C1N=C(N)C=CN1C1OC(C=O)C(O)C1(F)F. The van der Waals surface area contributed by atoms with E-state index in [0.29, 0.717) is 0 Å². The van der Waals surface area contributed by atoms with Gasteiger partial charge >= 0.3 is 5.92 Å². The van der Waals surface area contributed by atoms with Crippen LogP contribution in [-0.4, -0.2) is 46.5 Å². The monoisotopic (exact) mass is 259 g/mol. The molecular weight excluding hydrogens is 248 g/mol. The van der Waals surface area contributed by atoms with Gasteiger partial charge in [-0.3, -0.25) is 0 Å². The van der Waals surface area contributed by atoms with E-state index in [1.165, 1.54) is 12.3 Å². The first-order valence-corrected chi connectivity index (χ1v) is 5.04. The molecule has 0 amide bonds. The summed E-state index contributed by atoms with van der Waals surface area (Å²) in [5, 5.41) is 9.31. The Labute approximate surface area is 101 Å². The fraction of sp³-hybridized carbons (Fsp3) is 0.400. The molecule has 0 bridgehead atoms. The molecule has 2 heterocycles. The Balaban J connectivity index is 2.27. The van der Waals surface area contributed by atoms with Crippen molar-refractivity contribution in [3.63, 3.8) is 0 Å². The van der Waals surface area contributed by atoms with E-state index in [9.17, 15) is 18.7 Å². The van der Waals surface area contributed by atoms with Crippen molar-refractivity contribution in [1.29, 1.82) is 0 Å². The number of aliphatic imine (C=N–C) groups is 1. The van der Waals surface area contributed by atoms with Gasteiger partial charge in [-0.2, -0.15) is 8.78 Å². The first-order valence-electron chi connectivity index (χ1n) is 5.04. The minimum Gasteiger partial charge on any atom is -0.384 e. The lowest BCUT2D eigenvalue weighted by Gasteiger charge is -2.31. The van der Waals surface area contributed by atoms with Crippen molar-refractivity contribution in [3.05, 3.63) is 24.7 Å². The van der Waals surface area contributed by atoms with E-state index in [4.69, 9.17) is 10.5 Å². The number of aliphatic hydroxyl groups excluding tert-OH is 1. The third-order valence-electron chi connectivity index (χ3n) is 2.67. The highest BCUT2D eigenvalue weighted by atomic mass is 19.3. The van der Waals surface area contributed by atoms with Gasteiger partial charge in [0.05, 0.1) is 0 Å². The molecule has 0 aromatic heterocycles. The quantitative estimate of drug-likeness (QED) is 0.657. The predicted molar refractivity (Wildman–Crippen MR) is 57.4 cm³/mol. The summed E-state index contributed by atoms with van der Waals surface area (Å²) in [6.45, 7) is 3.46. The van der Waals surface area contributed by atoms with Crippen molar-refractivity contribution in [3.8, 4) is 0 Å². The van der Waals surface area contributed by atoms with E-state index in [1.807, 2.05) is 0 Å². The van der Waals surface area contributed by atoms with E-state index < -0.39 is 24.4 Å². The van der Waals surface area contributed by atoms with Crippen LogP contribution in [0.1, 0.15) is 0 Å². The number of alkyl halides is 2. The van der Waals surface area contributed by atoms with Crippen molar-refractivity contribution >= 4 is 12.1 Å². The number of rotatable bonds is 2. The summed E-state index contributed by atoms with van der Waals surface area (Å²) in [5.41, 5.74) is 5.38. The predicted octanol–water partition coefficient (Wildman–Crippen LogP) is -0.436. The molecular formula is C10H11F2N3O3. The van der Waals surface area contributed by atoms with Gasteiger partial charge in [0.15, 0.2) is 12.4 Å². The van der Waals surface area contributed by atoms with Crippen molar-refractivity contribution in [2.24, 2.45) is 10.7 Å². The highest BCUT2D eigenvalue weighted by Crippen LogP contribution is 2.39. The first kappa shape index (κ1) is 12.7. The maximum Gasteiger partial charge on any atom is 0.320 e. The number of nitrogens with two attached hydrogens (primary N) is 1. The van der Waals surface area contributed by atoms with E-state index in [2.05, 4.69) is 11.6 Å². The van der Waals surface area contributed by atoms with Gasteiger partial charge in [-0.15, -0.1) is 0 Å². The zero-order valence-corrected chi connectivity index (χ0v) is 9.16. The zero-order chi connectivity index (χ0) is 13.5. The smallest absolute Gasteiger partial charge is 0.320 e. The van der Waals surface area contributed by atoms with Crippen LogP contribution in [0, 0.1) is 0 Å². The third kappa shape index (κ3) is 1.79. The molecule has 0 aliphatic carbocycles.